The smallest absolute Gasteiger partial charge is 0.274 e. The van der Waals surface area contributed by atoms with E-state index < -0.39 is 10.8 Å². The number of hydrogen-bond acceptors (Lipinski definition) is 6. The minimum atomic E-state index is -0.460. The number of nitro benzene ring substituents is 1. The van der Waals surface area contributed by atoms with Crippen LogP contribution in [-0.2, 0) is 6.54 Å². The zero-order valence-corrected chi connectivity index (χ0v) is 17.6. The van der Waals surface area contributed by atoms with Crippen LogP contribution in [0.25, 0.3) is 10.8 Å². The molecule has 0 fully saturated rings. The summed E-state index contributed by atoms with van der Waals surface area (Å²) in [5.41, 5.74) is 1.54. The molecule has 0 aliphatic rings. The first-order chi connectivity index (χ1) is 16.0. The number of anilines is 1. The number of non-ortho nitro benzene ring substituents is 1. The number of carbonyl (C=O) groups excluding carboxylic acids is 1. The summed E-state index contributed by atoms with van der Waals surface area (Å²) >= 11 is 0. The second-order valence-corrected chi connectivity index (χ2v) is 7.33. The van der Waals surface area contributed by atoms with E-state index in [1.54, 1.807) is 36.4 Å². The molecule has 0 bridgehead atoms. The lowest BCUT2D eigenvalue weighted by Gasteiger charge is -2.12. The zero-order chi connectivity index (χ0) is 23.2. The number of amides is 1. The van der Waals surface area contributed by atoms with Crippen LogP contribution < -0.4 is 16.2 Å². The van der Waals surface area contributed by atoms with Crippen molar-refractivity contribution in [2.24, 2.45) is 0 Å². The number of nitrogens with zero attached hydrogens (tertiary/aromatic N) is 3. The quantitative estimate of drug-likeness (QED) is 0.245. The monoisotopic (exact) mass is 443 g/mol. The largest absolute Gasteiger partial charge is 0.383 e. The standard InChI is InChI=1S/C24H21N5O4/c30-23(26-15-14-25-18-10-12-19(13-11-18)29(32)33)22-20-8-4-5-9-21(20)24(31)28(27-22)16-17-6-2-1-3-7-17/h1-13,25H,14-16H2,(H,26,30). The van der Waals surface area contributed by atoms with Crippen LogP contribution in [0.3, 0.4) is 0 Å². The molecule has 0 radical (unpaired) electrons. The summed E-state index contributed by atoms with van der Waals surface area (Å²) in [6.45, 7) is 0.960. The van der Waals surface area contributed by atoms with Gasteiger partial charge in [-0.25, -0.2) is 4.68 Å². The molecule has 0 atom stereocenters. The molecule has 4 aromatic rings. The summed E-state index contributed by atoms with van der Waals surface area (Å²) in [5, 5.41) is 21.9. The van der Waals surface area contributed by atoms with Gasteiger partial charge in [0.25, 0.3) is 17.2 Å². The van der Waals surface area contributed by atoms with Crippen LogP contribution in [0.1, 0.15) is 16.1 Å². The number of benzene rings is 3. The minimum Gasteiger partial charge on any atom is -0.383 e. The van der Waals surface area contributed by atoms with Gasteiger partial charge in [-0.1, -0.05) is 48.5 Å². The number of rotatable bonds is 8. The molecule has 0 saturated carbocycles. The maximum absolute atomic E-state index is 12.9. The number of fused-ring (bicyclic) bond motifs is 1. The number of nitrogens with one attached hydrogen (secondary N) is 2. The molecule has 166 valence electrons. The molecular formula is C24H21N5O4. The van der Waals surface area contributed by atoms with E-state index in [1.807, 2.05) is 30.3 Å². The highest BCUT2D eigenvalue weighted by Crippen LogP contribution is 2.16. The molecule has 9 heteroatoms. The van der Waals surface area contributed by atoms with Crippen molar-refractivity contribution in [2.75, 3.05) is 18.4 Å². The van der Waals surface area contributed by atoms with Crippen molar-refractivity contribution < 1.29 is 9.72 Å². The van der Waals surface area contributed by atoms with Gasteiger partial charge in [-0.2, -0.15) is 5.10 Å². The molecule has 3 aromatic carbocycles. The molecule has 0 aliphatic carbocycles. The van der Waals surface area contributed by atoms with E-state index in [0.717, 1.165) is 5.56 Å². The van der Waals surface area contributed by atoms with Crippen LogP contribution in [0.5, 0.6) is 0 Å². The van der Waals surface area contributed by atoms with Gasteiger partial charge in [0.2, 0.25) is 0 Å². The number of hydrogen-bond donors (Lipinski definition) is 2. The van der Waals surface area contributed by atoms with Gasteiger partial charge in [-0.3, -0.25) is 19.7 Å². The number of nitro groups is 1. The zero-order valence-electron chi connectivity index (χ0n) is 17.6. The van der Waals surface area contributed by atoms with Gasteiger partial charge in [-0.05, 0) is 23.8 Å². The van der Waals surface area contributed by atoms with Crippen molar-refractivity contribution in [1.29, 1.82) is 0 Å². The summed E-state index contributed by atoms with van der Waals surface area (Å²) in [6.07, 6.45) is 0. The summed E-state index contributed by atoms with van der Waals surface area (Å²) in [4.78, 5) is 36.1. The molecule has 0 aliphatic heterocycles. The molecule has 1 amide bonds. The average molecular weight is 443 g/mol. The Balaban J connectivity index is 1.48. The Bertz CT molecular complexity index is 1350. The average Bonchev–Trinajstić information content (AvgIpc) is 2.84. The molecule has 0 spiro atoms. The maximum Gasteiger partial charge on any atom is 0.274 e. The Morgan fingerprint density at radius 2 is 1.58 bits per heavy atom. The fourth-order valence-electron chi connectivity index (χ4n) is 3.43. The maximum atomic E-state index is 12.9. The first kappa shape index (κ1) is 21.7. The van der Waals surface area contributed by atoms with Crippen LogP contribution >= 0.6 is 0 Å². The molecule has 2 N–H and O–H groups in total. The van der Waals surface area contributed by atoms with Crippen LogP contribution in [0.15, 0.2) is 83.7 Å². The Kier molecular flexibility index (Phi) is 6.40. The van der Waals surface area contributed by atoms with E-state index in [0.29, 0.717) is 29.5 Å². The third kappa shape index (κ3) is 5.04. The van der Waals surface area contributed by atoms with Crippen molar-refractivity contribution in [3.63, 3.8) is 0 Å². The number of carbonyl (C=O) groups is 1. The van der Waals surface area contributed by atoms with Crippen molar-refractivity contribution in [3.05, 3.63) is 111 Å². The van der Waals surface area contributed by atoms with Gasteiger partial charge in [0.15, 0.2) is 5.69 Å². The van der Waals surface area contributed by atoms with Crippen molar-refractivity contribution in [2.45, 2.75) is 6.54 Å². The van der Waals surface area contributed by atoms with Crippen molar-refractivity contribution >= 4 is 28.1 Å². The van der Waals surface area contributed by atoms with Crippen molar-refractivity contribution in [1.82, 2.24) is 15.1 Å². The van der Waals surface area contributed by atoms with Gasteiger partial charge in [0, 0.05) is 36.3 Å². The summed E-state index contributed by atoms with van der Waals surface area (Å²) in [7, 11) is 0. The molecule has 0 saturated heterocycles. The van der Waals surface area contributed by atoms with E-state index in [1.165, 1.54) is 16.8 Å². The highest BCUT2D eigenvalue weighted by Gasteiger charge is 2.16. The summed E-state index contributed by atoms with van der Waals surface area (Å²) in [5.74, 6) is -0.390. The van der Waals surface area contributed by atoms with Gasteiger partial charge in [0.05, 0.1) is 16.9 Å². The minimum absolute atomic E-state index is 0.0115. The van der Waals surface area contributed by atoms with Crippen LogP contribution in [0.2, 0.25) is 0 Å². The second kappa shape index (κ2) is 9.73. The molecule has 1 heterocycles. The Hall–Kier alpha value is -4.53. The topological polar surface area (TPSA) is 119 Å². The third-order valence-corrected chi connectivity index (χ3v) is 5.08. The first-order valence-corrected chi connectivity index (χ1v) is 10.3. The second-order valence-electron chi connectivity index (χ2n) is 7.33. The van der Waals surface area contributed by atoms with Crippen LogP contribution in [-0.4, -0.2) is 33.7 Å². The SMILES string of the molecule is O=C(NCCNc1ccc([N+](=O)[O-])cc1)c1nn(Cc2ccccc2)c(=O)c2ccccc12. The fraction of sp³-hybridized carbons (Fsp3) is 0.125. The predicted octanol–water partition coefficient (Wildman–Crippen LogP) is 3.19. The summed E-state index contributed by atoms with van der Waals surface area (Å²) < 4.78 is 1.31. The fourth-order valence-corrected chi connectivity index (χ4v) is 3.43. The molecule has 1 aromatic heterocycles. The van der Waals surface area contributed by atoms with Crippen LogP contribution in [0, 0.1) is 10.1 Å². The van der Waals surface area contributed by atoms with E-state index in [4.69, 9.17) is 0 Å². The molecule has 9 nitrogen and oxygen atoms in total. The highest BCUT2D eigenvalue weighted by atomic mass is 16.6. The Morgan fingerprint density at radius 1 is 0.909 bits per heavy atom. The Morgan fingerprint density at radius 3 is 2.27 bits per heavy atom. The third-order valence-electron chi connectivity index (χ3n) is 5.08. The predicted molar refractivity (Wildman–Crippen MR) is 125 cm³/mol. The molecule has 33 heavy (non-hydrogen) atoms. The van der Waals surface area contributed by atoms with Gasteiger partial charge >= 0.3 is 0 Å². The van der Waals surface area contributed by atoms with E-state index in [-0.39, 0.29) is 23.5 Å². The van der Waals surface area contributed by atoms with E-state index in [2.05, 4.69) is 15.7 Å². The normalized spacial score (nSPS) is 10.7. The number of aromatic nitrogens is 2. The van der Waals surface area contributed by atoms with Gasteiger partial charge < -0.3 is 10.6 Å². The van der Waals surface area contributed by atoms with E-state index in [9.17, 15) is 19.7 Å². The highest BCUT2D eigenvalue weighted by molar-refractivity contribution is 6.04. The molecule has 4 rings (SSSR count). The summed E-state index contributed by atoms with van der Waals surface area (Å²) in [6, 6.07) is 22.4. The Labute approximate surface area is 188 Å². The lowest BCUT2D eigenvalue weighted by Crippen LogP contribution is -2.33. The van der Waals surface area contributed by atoms with E-state index >= 15 is 0 Å². The van der Waals surface area contributed by atoms with Crippen LogP contribution in [0.4, 0.5) is 11.4 Å². The van der Waals surface area contributed by atoms with Gasteiger partial charge in [-0.15, -0.1) is 0 Å². The van der Waals surface area contributed by atoms with Crippen molar-refractivity contribution in [3.8, 4) is 0 Å². The first-order valence-electron chi connectivity index (χ1n) is 10.3. The van der Waals surface area contributed by atoms with Gasteiger partial charge in [0.1, 0.15) is 0 Å². The lowest BCUT2D eigenvalue weighted by molar-refractivity contribution is -0.384. The molecular weight excluding hydrogens is 422 g/mol. The lowest BCUT2D eigenvalue weighted by atomic mass is 10.1. The molecule has 0 unspecified atom stereocenters.